The van der Waals surface area contributed by atoms with E-state index in [1.54, 1.807) is 0 Å². The van der Waals surface area contributed by atoms with Gasteiger partial charge in [0.1, 0.15) is 17.3 Å². The van der Waals surface area contributed by atoms with Gasteiger partial charge in [-0.25, -0.2) is 18.3 Å². The molecular weight excluding hydrogens is 374 g/mol. The smallest absolute Gasteiger partial charge is 0.338 e. The van der Waals surface area contributed by atoms with Gasteiger partial charge in [-0.3, -0.25) is 9.59 Å². The topological polar surface area (TPSA) is 127 Å². The maximum atomic E-state index is 14.3. The number of aromatic nitrogens is 2. The van der Waals surface area contributed by atoms with Crippen molar-refractivity contribution in [2.75, 3.05) is 0 Å². The summed E-state index contributed by atoms with van der Waals surface area (Å²) in [5.74, 6) is -4.73. The number of nitrogens with zero attached hydrogens (tertiary/aromatic N) is 2. The zero-order valence-electron chi connectivity index (χ0n) is 14.4. The number of carbonyl (C=O) groups excluding carboxylic acids is 2. The Morgan fingerprint density at radius 3 is 2.50 bits per heavy atom. The van der Waals surface area contributed by atoms with Crippen molar-refractivity contribution in [3.8, 4) is 11.3 Å². The molecule has 10 heteroatoms. The van der Waals surface area contributed by atoms with E-state index in [1.165, 1.54) is 18.2 Å². The molecule has 0 aliphatic heterocycles. The fraction of sp³-hybridized carbons (Fsp3) is 0.111. The lowest BCUT2D eigenvalue weighted by Gasteiger charge is -2.15. The largest absolute Gasteiger partial charge is 0.478 e. The Hall–Kier alpha value is -3.82. The number of aromatic carboxylic acids is 1. The number of nitrogens with two attached hydrogens (primary N) is 1. The standard InChI is InChI=1S/C18H14F2N4O4/c1-8(25)22-17(16(21)26)24-14-7-13(20)11(18(27)28)6-12(14)15(23-24)9-3-2-4-10(19)5-9/h2-7,17H,1H3,(H2,21,26)(H,22,25)(H,27,28). The Morgan fingerprint density at radius 1 is 1.21 bits per heavy atom. The molecular formula is C18H14F2N4O4. The molecule has 8 nitrogen and oxygen atoms in total. The van der Waals surface area contributed by atoms with E-state index in [9.17, 15) is 28.3 Å². The number of primary amides is 1. The van der Waals surface area contributed by atoms with Gasteiger partial charge in [0.15, 0.2) is 0 Å². The minimum atomic E-state index is -1.51. The van der Waals surface area contributed by atoms with Gasteiger partial charge in [-0.1, -0.05) is 12.1 Å². The van der Waals surface area contributed by atoms with Crippen LogP contribution >= 0.6 is 0 Å². The Morgan fingerprint density at radius 2 is 1.93 bits per heavy atom. The fourth-order valence-electron chi connectivity index (χ4n) is 2.81. The molecule has 0 radical (unpaired) electrons. The Kier molecular flexibility index (Phi) is 4.78. The third-order valence-corrected chi connectivity index (χ3v) is 3.98. The zero-order valence-corrected chi connectivity index (χ0v) is 14.4. The molecule has 4 N–H and O–H groups in total. The molecule has 1 heterocycles. The lowest BCUT2D eigenvalue weighted by Crippen LogP contribution is -2.40. The van der Waals surface area contributed by atoms with Gasteiger partial charge in [0.25, 0.3) is 5.91 Å². The van der Waals surface area contributed by atoms with E-state index in [1.807, 2.05) is 0 Å². The van der Waals surface area contributed by atoms with Crippen LogP contribution < -0.4 is 11.1 Å². The van der Waals surface area contributed by atoms with Crippen LogP contribution in [0.15, 0.2) is 36.4 Å². The highest BCUT2D eigenvalue weighted by atomic mass is 19.1. The molecule has 1 unspecified atom stereocenters. The Labute approximate surface area is 156 Å². The highest BCUT2D eigenvalue weighted by molar-refractivity contribution is 6.00. The summed E-state index contributed by atoms with van der Waals surface area (Å²) in [5, 5.41) is 15.8. The minimum absolute atomic E-state index is 0.000638. The molecule has 1 aromatic heterocycles. The van der Waals surface area contributed by atoms with Gasteiger partial charge in [-0.15, -0.1) is 0 Å². The Bertz CT molecular complexity index is 1130. The summed E-state index contributed by atoms with van der Waals surface area (Å²) >= 11 is 0. The first-order chi connectivity index (χ1) is 13.2. The van der Waals surface area contributed by atoms with Crippen LogP contribution in [0.4, 0.5) is 8.78 Å². The van der Waals surface area contributed by atoms with Gasteiger partial charge < -0.3 is 16.2 Å². The first-order valence-electron chi connectivity index (χ1n) is 7.96. The second kappa shape index (κ2) is 7.06. The molecule has 0 saturated carbocycles. The van der Waals surface area contributed by atoms with Crippen LogP contribution in [0.1, 0.15) is 23.4 Å². The van der Waals surface area contributed by atoms with Crippen LogP contribution in [0.5, 0.6) is 0 Å². The number of nitrogens with one attached hydrogen (secondary N) is 1. The average molecular weight is 388 g/mol. The highest BCUT2D eigenvalue weighted by Gasteiger charge is 2.26. The lowest BCUT2D eigenvalue weighted by atomic mass is 10.0. The van der Waals surface area contributed by atoms with Gasteiger partial charge in [0.2, 0.25) is 12.1 Å². The number of fused-ring (bicyclic) bond motifs is 1. The van der Waals surface area contributed by atoms with Crippen LogP contribution in [-0.2, 0) is 9.59 Å². The first-order valence-corrected chi connectivity index (χ1v) is 7.96. The van der Waals surface area contributed by atoms with E-state index in [-0.39, 0.29) is 22.2 Å². The van der Waals surface area contributed by atoms with E-state index in [0.29, 0.717) is 0 Å². The highest BCUT2D eigenvalue weighted by Crippen LogP contribution is 2.32. The van der Waals surface area contributed by atoms with Crippen LogP contribution in [0, 0.1) is 11.6 Å². The van der Waals surface area contributed by atoms with E-state index < -0.39 is 41.1 Å². The molecule has 0 aliphatic rings. The molecule has 0 fully saturated rings. The summed E-state index contributed by atoms with van der Waals surface area (Å²) in [5.41, 5.74) is 5.06. The number of carbonyl (C=O) groups is 3. The van der Waals surface area contributed by atoms with Crippen molar-refractivity contribution >= 4 is 28.7 Å². The minimum Gasteiger partial charge on any atom is -0.478 e. The van der Waals surface area contributed by atoms with Crippen molar-refractivity contribution in [3.05, 3.63) is 53.6 Å². The molecule has 0 aliphatic carbocycles. The molecule has 2 aromatic carbocycles. The van der Waals surface area contributed by atoms with Crippen LogP contribution in [-0.4, -0.2) is 32.7 Å². The molecule has 0 bridgehead atoms. The molecule has 0 saturated heterocycles. The molecule has 144 valence electrons. The summed E-state index contributed by atoms with van der Waals surface area (Å²) < 4.78 is 28.9. The number of carboxylic acids is 1. The molecule has 28 heavy (non-hydrogen) atoms. The van der Waals surface area contributed by atoms with Crippen molar-refractivity contribution in [3.63, 3.8) is 0 Å². The number of benzene rings is 2. The van der Waals surface area contributed by atoms with Gasteiger partial charge in [0, 0.05) is 23.9 Å². The predicted molar refractivity (Wildman–Crippen MR) is 94.1 cm³/mol. The molecule has 0 spiro atoms. The SMILES string of the molecule is CC(=O)NC(C(N)=O)n1nc(-c2cccc(F)c2)c2cc(C(=O)O)c(F)cc21. The summed E-state index contributed by atoms with van der Waals surface area (Å²) in [6, 6.07) is 7.17. The summed E-state index contributed by atoms with van der Waals surface area (Å²) in [4.78, 5) is 34.6. The number of halogens is 2. The molecule has 2 amide bonds. The first kappa shape index (κ1) is 19.0. The maximum Gasteiger partial charge on any atom is 0.338 e. The molecule has 3 rings (SSSR count). The second-order valence-electron chi connectivity index (χ2n) is 5.96. The lowest BCUT2D eigenvalue weighted by molar-refractivity contribution is -0.128. The average Bonchev–Trinajstić information content (AvgIpc) is 2.96. The quantitative estimate of drug-likeness (QED) is 0.614. The fourth-order valence-corrected chi connectivity index (χ4v) is 2.81. The number of hydrogen-bond donors (Lipinski definition) is 3. The number of hydrogen-bond acceptors (Lipinski definition) is 4. The monoisotopic (exact) mass is 388 g/mol. The normalized spacial score (nSPS) is 12.0. The second-order valence-corrected chi connectivity index (χ2v) is 5.96. The number of amides is 2. The van der Waals surface area contributed by atoms with Crippen molar-refractivity contribution in [1.82, 2.24) is 15.1 Å². The van der Waals surface area contributed by atoms with Crippen LogP contribution in [0.2, 0.25) is 0 Å². The third-order valence-electron chi connectivity index (χ3n) is 3.98. The van der Waals surface area contributed by atoms with Gasteiger partial charge >= 0.3 is 5.97 Å². The zero-order chi connectivity index (χ0) is 20.6. The summed E-state index contributed by atoms with van der Waals surface area (Å²) in [6.45, 7) is 1.15. The van der Waals surface area contributed by atoms with E-state index in [0.717, 1.165) is 29.8 Å². The van der Waals surface area contributed by atoms with Gasteiger partial charge in [-0.05, 0) is 18.2 Å². The number of carboxylic acid groups (broad SMARTS) is 1. The van der Waals surface area contributed by atoms with Gasteiger partial charge in [0.05, 0.1) is 11.1 Å². The molecule has 1 atom stereocenters. The van der Waals surface area contributed by atoms with Crippen molar-refractivity contribution in [1.29, 1.82) is 0 Å². The summed E-state index contributed by atoms with van der Waals surface area (Å²) in [6.07, 6.45) is -1.46. The van der Waals surface area contributed by atoms with Crippen molar-refractivity contribution < 1.29 is 28.3 Å². The van der Waals surface area contributed by atoms with Crippen LogP contribution in [0.25, 0.3) is 22.2 Å². The van der Waals surface area contributed by atoms with Crippen molar-refractivity contribution in [2.24, 2.45) is 5.73 Å². The maximum absolute atomic E-state index is 14.3. The van der Waals surface area contributed by atoms with Gasteiger partial charge in [-0.2, -0.15) is 5.10 Å². The van der Waals surface area contributed by atoms with E-state index >= 15 is 0 Å². The van der Waals surface area contributed by atoms with Crippen LogP contribution in [0.3, 0.4) is 0 Å². The number of rotatable bonds is 5. The van der Waals surface area contributed by atoms with E-state index in [2.05, 4.69) is 10.4 Å². The Balaban J connectivity index is 2.36. The predicted octanol–water partition coefficient (Wildman–Crippen LogP) is 1.80. The van der Waals surface area contributed by atoms with Crippen molar-refractivity contribution in [2.45, 2.75) is 13.1 Å². The summed E-state index contributed by atoms with van der Waals surface area (Å²) in [7, 11) is 0. The van der Waals surface area contributed by atoms with E-state index in [4.69, 9.17) is 5.73 Å². The molecule has 3 aromatic rings. The third kappa shape index (κ3) is 3.39.